The van der Waals surface area contributed by atoms with E-state index in [9.17, 15) is 4.79 Å². The molecule has 0 saturated heterocycles. The van der Waals surface area contributed by atoms with Gasteiger partial charge in [-0.1, -0.05) is 6.07 Å². The molecule has 1 aromatic carbocycles. The Morgan fingerprint density at radius 3 is 2.86 bits per heavy atom. The maximum Gasteiger partial charge on any atom is 0.307 e. The Morgan fingerprint density at radius 1 is 1.29 bits per heavy atom. The summed E-state index contributed by atoms with van der Waals surface area (Å²) < 4.78 is 5.87. The number of fused-ring (bicyclic) bond motifs is 1. The van der Waals surface area contributed by atoms with E-state index in [4.69, 9.17) is 9.84 Å². The lowest BCUT2D eigenvalue weighted by Gasteiger charge is -2.16. The molecule has 0 bridgehead atoms. The Balaban J connectivity index is 1.94. The molecule has 1 aliphatic heterocycles. The third kappa shape index (κ3) is 2.89. The maximum absolute atomic E-state index is 10.8. The molecule has 4 heteroatoms. The third-order valence-electron chi connectivity index (χ3n) is 3.55. The Kier molecular flexibility index (Phi) is 3.16. The van der Waals surface area contributed by atoms with Crippen molar-refractivity contribution in [3.05, 3.63) is 47.8 Å². The SMILES string of the molecule is CC1(C)Cc2cc(-c3cncc(CC(=O)O)c3)ccc2O1. The van der Waals surface area contributed by atoms with Crippen LogP contribution in [-0.4, -0.2) is 21.7 Å². The van der Waals surface area contributed by atoms with Crippen molar-refractivity contribution in [2.45, 2.75) is 32.3 Å². The minimum absolute atomic E-state index is 0.0120. The average Bonchev–Trinajstić information content (AvgIpc) is 2.71. The molecule has 0 unspecified atom stereocenters. The van der Waals surface area contributed by atoms with Crippen LogP contribution in [-0.2, 0) is 17.6 Å². The van der Waals surface area contributed by atoms with Crippen molar-refractivity contribution in [3.8, 4) is 16.9 Å². The van der Waals surface area contributed by atoms with E-state index in [-0.39, 0.29) is 12.0 Å². The highest BCUT2D eigenvalue weighted by atomic mass is 16.5. The van der Waals surface area contributed by atoms with Gasteiger partial charge in [-0.15, -0.1) is 0 Å². The van der Waals surface area contributed by atoms with Crippen LogP contribution in [0, 0.1) is 0 Å². The summed E-state index contributed by atoms with van der Waals surface area (Å²) in [5.41, 5.74) is 3.69. The number of aromatic nitrogens is 1. The predicted octanol–water partition coefficient (Wildman–Crippen LogP) is 3.09. The summed E-state index contributed by atoms with van der Waals surface area (Å²) in [4.78, 5) is 14.9. The van der Waals surface area contributed by atoms with Gasteiger partial charge < -0.3 is 9.84 Å². The predicted molar refractivity (Wildman–Crippen MR) is 79.4 cm³/mol. The van der Waals surface area contributed by atoms with Gasteiger partial charge in [0.2, 0.25) is 0 Å². The van der Waals surface area contributed by atoms with E-state index >= 15 is 0 Å². The van der Waals surface area contributed by atoms with Crippen LogP contribution in [0.15, 0.2) is 36.7 Å². The van der Waals surface area contributed by atoms with Gasteiger partial charge in [0.15, 0.2) is 0 Å². The highest BCUT2D eigenvalue weighted by Crippen LogP contribution is 2.37. The van der Waals surface area contributed by atoms with Crippen molar-refractivity contribution in [2.24, 2.45) is 0 Å². The molecule has 0 amide bonds. The first-order valence-corrected chi connectivity index (χ1v) is 6.91. The lowest BCUT2D eigenvalue weighted by atomic mass is 9.97. The van der Waals surface area contributed by atoms with E-state index in [2.05, 4.69) is 24.9 Å². The van der Waals surface area contributed by atoms with Crippen LogP contribution in [0.5, 0.6) is 5.75 Å². The summed E-state index contributed by atoms with van der Waals surface area (Å²) in [6.45, 7) is 4.14. The Bertz CT molecular complexity index is 707. The quantitative estimate of drug-likeness (QED) is 0.940. The zero-order valence-electron chi connectivity index (χ0n) is 12.1. The second-order valence-electron chi connectivity index (χ2n) is 6.01. The van der Waals surface area contributed by atoms with Crippen LogP contribution in [0.2, 0.25) is 0 Å². The first kappa shape index (κ1) is 13.6. The number of pyridine rings is 1. The van der Waals surface area contributed by atoms with Gasteiger partial charge >= 0.3 is 5.97 Å². The average molecular weight is 283 g/mol. The fourth-order valence-electron chi connectivity index (χ4n) is 2.71. The van der Waals surface area contributed by atoms with E-state index < -0.39 is 5.97 Å². The van der Waals surface area contributed by atoms with Crippen molar-refractivity contribution in [1.29, 1.82) is 0 Å². The number of nitrogens with zero attached hydrogens (tertiary/aromatic N) is 1. The van der Waals surface area contributed by atoms with Crippen LogP contribution in [0.3, 0.4) is 0 Å². The first-order valence-electron chi connectivity index (χ1n) is 6.91. The van der Waals surface area contributed by atoms with Crippen LogP contribution in [0.4, 0.5) is 0 Å². The molecule has 2 aromatic rings. The number of carboxylic acids is 1. The van der Waals surface area contributed by atoms with Crippen LogP contribution < -0.4 is 4.74 Å². The zero-order chi connectivity index (χ0) is 15.0. The smallest absolute Gasteiger partial charge is 0.307 e. The van der Waals surface area contributed by atoms with Gasteiger partial charge in [0.1, 0.15) is 11.4 Å². The molecule has 1 aliphatic rings. The standard InChI is InChI=1S/C17H17NO3/c1-17(2)8-13-7-12(3-4-15(13)21-17)14-5-11(6-16(19)20)9-18-10-14/h3-5,7,9-10H,6,8H2,1-2H3,(H,19,20). The molecular formula is C17H17NO3. The molecule has 0 atom stereocenters. The lowest BCUT2D eigenvalue weighted by Crippen LogP contribution is -2.24. The van der Waals surface area contributed by atoms with E-state index in [1.165, 1.54) is 5.56 Å². The van der Waals surface area contributed by atoms with Gasteiger partial charge in [-0.05, 0) is 48.7 Å². The normalized spacial score (nSPS) is 15.3. The lowest BCUT2D eigenvalue weighted by molar-refractivity contribution is -0.136. The summed E-state index contributed by atoms with van der Waals surface area (Å²) in [5, 5.41) is 8.87. The van der Waals surface area contributed by atoms with Gasteiger partial charge in [0, 0.05) is 24.4 Å². The van der Waals surface area contributed by atoms with Crippen LogP contribution >= 0.6 is 0 Å². The van der Waals surface area contributed by atoms with Gasteiger partial charge in [0.05, 0.1) is 6.42 Å². The summed E-state index contributed by atoms with van der Waals surface area (Å²) >= 11 is 0. The second kappa shape index (κ2) is 4.88. The molecule has 4 nitrogen and oxygen atoms in total. The molecule has 21 heavy (non-hydrogen) atoms. The van der Waals surface area contributed by atoms with Gasteiger partial charge in [-0.2, -0.15) is 0 Å². The molecule has 0 spiro atoms. The van der Waals surface area contributed by atoms with Crippen molar-refractivity contribution in [1.82, 2.24) is 4.98 Å². The van der Waals surface area contributed by atoms with Gasteiger partial charge in [-0.3, -0.25) is 9.78 Å². The van der Waals surface area contributed by atoms with Crippen LogP contribution in [0.1, 0.15) is 25.0 Å². The number of carbonyl (C=O) groups is 1. The van der Waals surface area contributed by atoms with Crippen molar-refractivity contribution >= 4 is 5.97 Å². The number of benzene rings is 1. The van der Waals surface area contributed by atoms with Crippen molar-refractivity contribution < 1.29 is 14.6 Å². The highest BCUT2D eigenvalue weighted by Gasteiger charge is 2.29. The second-order valence-corrected chi connectivity index (χ2v) is 6.01. The highest BCUT2D eigenvalue weighted by molar-refractivity contribution is 5.72. The molecule has 0 radical (unpaired) electrons. The van der Waals surface area contributed by atoms with E-state index in [0.29, 0.717) is 5.56 Å². The Hall–Kier alpha value is -2.36. The Labute approximate surface area is 123 Å². The molecule has 0 aliphatic carbocycles. The first-order chi connectivity index (χ1) is 9.93. The number of aliphatic carboxylic acids is 1. The molecular weight excluding hydrogens is 266 g/mol. The topological polar surface area (TPSA) is 59.4 Å². The number of carboxylic acid groups (broad SMARTS) is 1. The van der Waals surface area contributed by atoms with Crippen molar-refractivity contribution in [3.63, 3.8) is 0 Å². The fourth-order valence-corrected chi connectivity index (χ4v) is 2.71. The summed E-state index contributed by atoms with van der Waals surface area (Å²) in [5.74, 6) is 0.0800. The van der Waals surface area contributed by atoms with Gasteiger partial charge in [0.25, 0.3) is 0 Å². The maximum atomic E-state index is 10.8. The number of hydrogen-bond donors (Lipinski definition) is 1. The molecule has 1 aromatic heterocycles. The zero-order valence-corrected chi connectivity index (χ0v) is 12.1. The Morgan fingerprint density at radius 2 is 2.10 bits per heavy atom. The largest absolute Gasteiger partial charge is 0.487 e. The van der Waals surface area contributed by atoms with Crippen molar-refractivity contribution in [2.75, 3.05) is 0 Å². The molecule has 0 fully saturated rings. The minimum Gasteiger partial charge on any atom is -0.487 e. The number of hydrogen-bond acceptors (Lipinski definition) is 3. The van der Waals surface area contributed by atoms with E-state index in [0.717, 1.165) is 23.3 Å². The summed E-state index contributed by atoms with van der Waals surface area (Å²) in [6, 6.07) is 7.94. The summed E-state index contributed by atoms with van der Waals surface area (Å²) in [7, 11) is 0. The minimum atomic E-state index is -0.849. The van der Waals surface area contributed by atoms with E-state index in [1.807, 2.05) is 18.2 Å². The van der Waals surface area contributed by atoms with Crippen LogP contribution in [0.25, 0.3) is 11.1 Å². The number of rotatable bonds is 3. The monoisotopic (exact) mass is 283 g/mol. The third-order valence-corrected chi connectivity index (χ3v) is 3.55. The summed E-state index contributed by atoms with van der Waals surface area (Å²) in [6.07, 6.45) is 4.21. The molecule has 3 rings (SSSR count). The molecule has 2 heterocycles. The number of ether oxygens (including phenoxy) is 1. The molecule has 0 saturated carbocycles. The fraction of sp³-hybridized carbons (Fsp3) is 0.294. The van der Waals surface area contributed by atoms with Gasteiger partial charge in [-0.25, -0.2) is 0 Å². The molecule has 1 N–H and O–H groups in total. The van der Waals surface area contributed by atoms with E-state index in [1.54, 1.807) is 12.4 Å². The molecule has 108 valence electrons.